The topological polar surface area (TPSA) is 95.9 Å². The largest absolute Gasteiger partial charge is 0.480 e. The van der Waals surface area contributed by atoms with E-state index in [-0.39, 0.29) is 30.3 Å². The van der Waals surface area contributed by atoms with Gasteiger partial charge in [-0.15, -0.1) is 0 Å². The summed E-state index contributed by atoms with van der Waals surface area (Å²) in [7, 11) is 0. The standard InChI is InChI=1S/C26H23FN2O5/c1-2-29(14-24(30)31)25(32)16-11-17(27)13-18(12-16)28-26(33)34-15-23-21-9-5-3-7-19(21)20-8-4-6-10-22(20)23/h3-13,23H,2,14-15H2,1H3,(H,28,33)(H,30,31). The Bertz CT molecular complexity index is 1210. The molecule has 0 spiro atoms. The van der Waals surface area contributed by atoms with Crippen molar-refractivity contribution in [3.05, 3.63) is 89.2 Å². The number of ether oxygens (including phenoxy) is 1. The molecule has 1 aliphatic carbocycles. The molecule has 0 saturated carbocycles. The molecule has 34 heavy (non-hydrogen) atoms. The Morgan fingerprint density at radius 3 is 2.21 bits per heavy atom. The number of carbonyl (C=O) groups excluding carboxylic acids is 2. The van der Waals surface area contributed by atoms with E-state index in [1.165, 1.54) is 6.07 Å². The van der Waals surface area contributed by atoms with Crippen LogP contribution in [0.25, 0.3) is 11.1 Å². The van der Waals surface area contributed by atoms with E-state index in [0.29, 0.717) is 0 Å². The number of anilines is 1. The normalized spacial score (nSPS) is 11.9. The molecule has 0 aliphatic heterocycles. The highest BCUT2D eigenvalue weighted by Gasteiger charge is 2.29. The van der Waals surface area contributed by atoms with Crippen molar-refractivity contribution in [3.63, 3.8) is 0 Å². The molecule has 2 N–H and O–H groups in total. The van der Waals surface area contributed by atoms with Crippen LogP contribution >= 0.6 is 0 Å². The summed E-state index contributed by atoms with van der Waals surface area (Å²) >= 11 is 0. The molecule has 174 valence electrons. The third kappa shape index (κ3) is 4.76. The maximum atomic E-state index is 14.2. The van der Waals surface area contributed by atoms with E-state index in [9.17, 15) is 18.8 Å². The fourth-order valence-corrected chi connectivity index (χ4v) is 4.21. The molecule has 3 aromatic rings. The summed E-state index contributed by atoms with van der Waals surface area (Å²) in [6.07, 6.45) is -0.788. The average Bonchev–Trinajstić information content (AvgIpc) is 3.14. The number of carboxylic acids is 1. The zero-order chi connectivity index (χ0) is 24.2. The molecular weight excluding hydrogens is 439 g/mol. The number of benzene rings is 3. The van der Waals surface area contributed by atoms with Gasteiger partial charge in [-0.2, -0.15) is 0 Å². The second-order valence-corrected chi connectivity index (χ2v) is 7.89. The number of aliphatic carboxylic acids is 1. The fourth-order valence-electron chi connectivity index (χ4n) is 4.21. The summed E-state index contributed by atoms with van der Waals surface area (Å²) in [5.74, 6) is -2.70. The van der Waals surface area contributed by atoms with Crippen LogP contribution in [0.15, 0.2) is 66.7 Å². The van der Waals surface area contributed by atoms with Crippen molar-refractivity contribution in [2.75, 3.05) is 25.0 Å². The molecule has 0 aromatic heterocycles. The number of carboxylic acid groups (broad SMARTS) is 1. The van der Waals surface area contributed by atoms with Crippen LogP contribution < -0.4 is 5.32 Å². The molecule has 2 amide bonds. The fraction of sp³-hybridized carbons (Fsp3) is 0.192. The second kappa shape index (κ2) is 9.74. The average molecular weight is 462 g/mol. The van der Waals surface area contributed by atoms with Gasteiger partial charge in [0.2, 0.25) is 0 Å². The maximum absolute atomic E-state index is 14.2. The third-order valence-corrected chi connectivity index (χ3v) is 5.73. The summed E-state index contributed by atoms with van der Waals surface area (Å²) < 4.78 is 19.6. The predicted octanol–water partition coefficient (Wildman–Crippen LogP) is 4.73. The first-order chi connectivity index (χ1) is 16.4. The zero-order valence-electron chi connectivity index (χ0n) is 18.5. The Labute approximate surface area is 195 Å². The molecule has 0 radical (unpaired) electrons. The number of halogens is 1. The van der Waals surface area contributed by atoms with Gasteiger partial charge in [0.25, 0.3) is 5.91 Å². The lowest BCUT2D eigenvalue weighted by Crippen LogP contribution is -2.35. The van der Waals surface area contributed by atoms with Gasteiger partial charge < -0.3 is 14.7 Å². The number of hydrogen-bond acceptors (Lipinski definition) is 4. The molecule has 0 fully saturated rings. The van der Waals surface area contributed by atoms with Crippen molar-refractivity contribution in [1.82, 2.24) is 4.90 Å². The Morgan fingerprint density at radius 1 is 1.00 bits per heavy atom. The summed E-state index contributed by atoms with van der Waals surface area (Å²) in [6.45, 7) is 1.33. The molecule has 4 rings (SSSR count). The predicted molar refractivity (Wildman–Crippen MR) is 124 cm³/mol. The van der Waals surface area contributed by atoms with Crippen LogP contribution in [0.3, 0.4) is 0 Å². The molecule has 3 aromatic carbocycles. The van der Waals surface area contributed by atoms with E-state index in [1.807, 2.05) is 48.5 Å². The summed E-state index contributed by atoms with van der Waals surface area (Å²) in [4.78, 5) is 37.1. The minimum absolute atomic E-state index is 0.0342. The molecule has 7 nitrogen and oxygen atoms in total. The molecule has 8 heteroatoms. The van der Waals surface area contributed by atoms with Crippen LogP contribution in [0.1, 0.15) is 34.3 Å². The van der Waals surface area contributed by atoms with Gasteiger partial charge in [-0.3, -0.25) is 14.9 Å². The number of fused-ring (bicyclic) bond motifs is 3. The van der Waals surface area contributed by atoms with Gasteiger partial charge in [-0.25, -0.2) is 9.18 Å². The maximum Gasteiger partial charge on any atom is 0.411 e. The number of likely N-dealkylation sites (N-methyl/N-ethyl adjacent to an activating group) is 1. The quantitative estimate of drug-likeness (QED) is 0.529. The zero-order valence-corrected chi connectivity index (χ0v) is 18.5. The van der Waals surface area contributed by atoms with Crippen molar-refractivity contribution < 1.29 is 28.6 Å². The molecule has 0 heterocycles. The van der Waals surface area contributed by atoms with Gasteiger partial charge in [-0.05, 0) is 47.4 Å². The molecule has 0 saturated heterocycles. The summed E-state index contributed by atoms with van der Waals surface area (Å²) in [6, 6.07) is 19.2. The lowest BCUT2D eigenvalue weighted by atomic mass is 9.98. The minimum atomic E-state index is -1.18. The van der Waals surface area contributed by atoms with Crippen molar-refractivity contribution >= 4 is 23.7 Å². The Morgan fingerprint density at radius 2 is 1.62 bits per heavy atom. The highest BCUT2D eigenvalue weighted by molar-refractivity contribution is 5.97. The van der Waals surface area contributed by atoms with Gasteiger partial charge in [0.15, 0.2) is 0 Å². The lowest BCUT2D eigenvalue weighted by Gasteiger charge is -2.19. The van der Waals surface area contributed by atoms with Crippen LogP contribution in [-0.4, -0.2) is 47.7 Å². The van der Waals surface area contributed by atoms with E-state index in [1.54, 1.807) is 6.92 Å². The van der Waals surface area contributed by atoms with Crippen LogP contribution in [0.2, 0.25) is 0 Å². The molecule has 0 atom stereocenters. The molecular formula is C26H23FN2O5. The van der Waals surface area contributed by atoms with Gasteiger partial charge in [0.05, 0.1) is 0 Å². The molecule has 0 bridgehead atoms. The van der Waals surface area contributed by atoms with Crippen molar-refractivity contribution in [2.24, 2.45) is 0 Å². The Hall–Kier alpha value is -4.20. The first-order valence-corrected chi connectivity index (χ1v) is 10.8. The van der Waals surface area contributed by atoms with Gasteiger partial charge in [-0.1, -0.05) is 48.5 Å². The second-order valence-electron chi connectivity index (χ2n) is 7.89. The number of amides is 2. The van der Waals surface area contributed by atoms with E-state index in [0.717, 1.165) is 39.3 Å². The Balaban J connectivity index is 1.46. The number of nitrogens with zero attached hydrogens (tertiary/aromatic N) is 1. The monoisotopic (exact) mass is 462 g/mol. The van der Waals surface area contributed by atoms with E-state index >= 15 is 0 Å². The van der Waals surface area contributed by atoms with Gasteiger partial charge in [0.1, 0.15) is 19.0 Å². The van der Waals surface area contributed by atoms with E-state index in [2.05, 4.69) is 5.32 Å². The smallest absolute Gasteiger partial charge is 0.411 e. The van der Waals surface area contributed by atoms with E-state index in [4.69, 9.17) is 9.84 Å². The third-order valence-electron chi connectivity index (χ3n) is 5.73. The van der Waals surface area contributed by atoms with Gasteiger partial charge >= 0.3 is 12.1 Å². The highest BCUT2D eigenvalue weighted by atomic mass is 19.1. The van der Waals surface area contributed by atoms with Crippen molar-refractivity contribution in [1.29, 1.82) is 0 Å². The first kappa shape index (κ1) is 23.0. The van der Waals surface area contributed by atoms with Crippen LogP contribution in [0, 0.1) is 5.82 Å². The van der Waals surface area contributed by atoms with Crippen LogP contribution in [0.5, 0.6) is 0 Å². The van der Waals surface area contributed by atoms with E-state index < -0.39 is 30.3 Å². The van der Waals surface area contributed by atoms with Gasteiger partial charge in [0, 0.05) is 23.7 Å². The van der Waals surface area contributed by atoms with Crippen LogP contribution in [-0.2, 0) is 9.53 Å². The SMILES string of the molecule is CCN(CC(=O)O)C(=O)c1cc(F)cc(NC(=O)OCC2c3ccccc3-c3ccccc32)c1. The summed E-state index contributed by atoms with van der Waals surface area (Å²) in [5.41, 5.74) is 4.29. The number of nitrogens with one attached hydrogen (secondary N) is 1. The molecule has 0 unspecified atom stereocenters. The number of carbonyl (C=O) groups is 3. The van der Waals surface area contributed by atoms with Crippen molar-refractivity contribution in [3.8, 4) is 11.1 Å². The highest BCUT2D eigenvalue weighted by Crippen LogP contribution is 2.44. The molecule has 1 aliphatic rings. The van der Waals surface area contributed by atoms with Crippen LogP contribution in [0.4, 0.5) is 14.9 Å². The van der Waals surface area contributed by atoms with Crippen molar-refractivity contribution in [2.45, 2.75) is 12.8 Å². The summed E-state index contributed by atoms with van der Waals surface area (Å²) in [5, 5.41) is 11.4. The minimum Gasteiger partial charge on any atom is -0.480 e. The first-order valence-electron chi connectivity index (χ1n) is 10.8. The number of hydrogen-bond donors (Lipinski definition) is 2. The number of rotatable bonds is 7. The Kier molecular flexibility index (Phi) is 6.58. The lowest BCUT2D eigenvalue weighted by molar-refractivity contribution is -0.137.